The summed E-state index contributed by atoms with van der Waals surface area (Å²) >= 11 is 0. The lowest BCUT2D eigenvalue weighted by atomic mass is 9.92. The number of hydrogen-bond acceptors (Lipinski definition) is 3. The van der Waals surface area contributed by atoms with E-state index in [0.29, 0.717) is 11.5 Å². The van der Waals surface area contributed by atoms with Crippen LogP contribution in [-0.2, 0) is 12.8 Å². The standard InChI is InChI=1S/C29H24O3/c1-3-19-16-17-22-18-21-11-6-8-14-25(21)28(27(22)23(19)4-2)32-29(30)31-26-15-9-12-20-10-5-7-13-24(20)26/h5-18H,3-4H2,1-2H3. The predicted molar refractivity (Wildman–Crippen MR) is 131 cm³/mol. The summed E-state index contributed by atoms with van der Waals surface area (Å²) in [5.41, 5.74) is 2.48. The molecule has 0 bridgehead atoms. The fraction of sp³-hybridized carbons (Fsp3) is 0.138. The summed E-state index contributed by atoms with van der Waals surface area (Å²) in [6.45, 7) is 4.29. The van der Waals surface area contributed by atoms with Crippen molar-refractivity contribution in [2.45, 2.75) is 26.7 Å². The molecule has 5 aromatic carbocycles. The van der Waals surface area contributed by atoms with E-state index in [4.69, 9.17) is 9.47 Å². The number of benzene rings is 5. The van der Waals surface area contributed by atoms with Crippen molar-refractivity contribution in [2.75, 3.05) is 0 Å². The SMILES string of the molecule is CCc1ccc2cc3ccccc3c(OC(=O)Oc3cccc4ccccc34)c2c1CC. The third kappa shape index (κ3) is 3.46. The molecule has 0 saturated carbocycles. The van der Waals surface area contributed by atoms with Gasteiger partial charge in [0.2, 0.25) is 0 Å². The molecular weight excluding hydrogens is 396 g/mol. The average molecular weight is 421 g/mol. The molecule has 0 spiro atoms. The van der Waals surface area contributed by atoms with Gasteiger partial charge in [0.15, 0.2) is 0 Å². The lowest BCUT2D eigenvalue weighted by molar-refractivity contribution is 0.153. The van der Waals surface area contributed by atoms with E-state index in [2.05, 4.69) is 32.0 Å². The van der Waals surface area contributed by atoms with Crippen molar-refractivity contribution in [3.8, 4) is 11.5 Å². The minimum atomic E-state index is -0.733. The van der Waals surface area contributed by atoms with Crippen LogP contribution >= 0.6 is 0 Å². The summed E-state index contributed by atoms with van der Waals surface area (Å²) in [5, 5.41) is 5.86. The molecule has 0 aliphatic carbocycles. The Morgan fingerprint density at radius 3 is 2.19 bits per heavy atom. The van der Waals surface area contributed by atoms with Crippen LogP contribution in [0.1, 0.15) is 25.0 Å². The van der Waals surface area contributed by atoms with Crippen LogP contribution in [-0.4, -0.2) is 6.16 Å². The molecule has 0 N–H and O–H groups in total. The van der Waals surface area contributed by atoms with Crippen LogP contribution in [0, 0.1) is 0 Å². The van der Waals surface area contributed by atoms with E-state index in [1.807, 2.05) is 60.7 Å². The zero-order valence-corrected chi connectivity index (χ0v) is 18.2. The number of carbonyl (C=O) groups excluding carboxylic acids is 1. The first kappa shape index (κ1) is 20.1. The zero-order valence-electron chi connectivity index (χ0n) is 18.2. The van der Waals surface area contributed by atoms with Gasteiger partial charge < -0.3 is 9.47 Å². The molecule has 0 aliphatic heterocycles. The van der Waals surface area contributed by atoms with E-state index in [1.54, 1.807) is 6.07 Å². The maximum Gasteiger partial charge on any atom is 0.519 e. The summed E-state index contributed by atoms with van der Waals surface area (Å²) in [6.07, 6.45) is 1.04. The first-order valence-electron chi connectivity index (χ1n) is 11.0. The van der Waals surface area contributed by atoms with Crippen LogP contribution in [0.4, 0.5) is 4.79 Å². The topological polar surface area (TPSA) is 35.5 Å². The minimum Gasteiger partial charge on any atom is -0.394 e. The number of rotatable bonds is 4. The Balaban J connectivity index is 1.64. The van der Waals surface area contributed by atoms with Crippen LogP contribution in [0.25, 0.3) is 32.3 Å². The summed E-state index contributed by atoms with van der Waals surface area (Å²) in [6, 6.07) is 27.9. The molecule has 3 heteroatoms. The largest absolute Gasteiger partial charge is 0.519 e. The van der Waals surface area contributed by atoms with E-state index in [9.17, 15) is 4.79 Å². The van der Waals surface area contributed by atoms with Crippen molar-refractivity contribution >= 4 is 38.5 Å². The number of hydrogen-bond donors (Lipinski definition) is 0. The maximum atomic E-state index is 13.0. The molecule has 0 amide bonds. The summed E-state index contributed by atoms with van der Waals surface area (Å²) in [5.74, 6) is 1.05. The lowest BCUT2D eigenvalue weighted by Crippen LogP contribution is -2.15. The Hall–Kier alpha value is -3.85. The smallest absolute Gasteiger partial charge is 0.394 e. The summed E-state index contributed by atoms with van der Waals surface area (Å²) in [7, 11) is 0. The molecule has 0 fully saturated rings. The molecule has 0 aliphatic rings. The number of ether oxygens (including phenoxy) is 2. The molecule has 3 nitrogen and oxygen atoms in total. The van der Waals surface area contributed by atoms with Crippen LogP contribution in [0.3, 0.4) is 0 Å². The van der Waals surface area contributed by atoms with Crippen molar-refractivity contribution in [3.05, 3.63) is 96.1 Å². The second kappa shape index (κ2) is 8.35. The molecule has 0 heterocycles. The molecule has 0 aromatic heterocycles. The van der Waals surface area contributed by atoms with Gasteiger partial charge in [-0.2, -0.15) is 0 Å². The van der Waals surface area contributed by atoms with E-state index < -0.39 is 6.16 Å². The van der Waals surface area contributed by atoms with Crippen LogP contribution in [0.15, 0.2) is 84.9 Å². The molecule has 0 unspecified atom stereocenters. The van der Waals surface area contributed by atoms with E-state index in [-0.39, 0.29) is 0 Å². The van der Waals surface area contributed by atoms with E-state index in [0.717, 1.165) is 45.2 Å². The normalized spacial score (nSPS) is 11.2. The Bertz CT molecular complexity index is 1460. The van der Waals surface area contributed by atoms with Crippen molar-refractivity contribution in [3.63, 3.8) is 0 Å². The first-order chi connectivity index (χ1) is 15.7. The van der Waals surface area contributed by atoms with Gasteiger partial charge in [-0.25, -0.2) is 4.79 Å². The van der Waals surface area contributed by atoms with Gasteiger partial charge in [0.1, 0.15) is 11.5 Å². The molecule has 0 atom stereocenters. The molecular formula is C29H24O3. The second-order valence-electron chi connectivity index (χ2n) is 7.87. The Kier molecular flexibility index (Phi) is 5.24. The number of aryl methyl sites for hydroxylation is 2. The molecule has 0 saturated heterocycles. The van der Waals surface area contributed by atoms with Gasteiger partial charge in [0, 0.05) is 16.2 Å². The Morgan fingerprint density at radius 2 is 1.41 bits per heavy atom. The number of fused-ring (bicyclic) bond motifs is 3. The second-order valence-corrected chi connectivity index (χ2v) is 7.87. The van der Waals surface area contributed by atoms with E-state index >= 15 is 0 Å². The van der Waals surface area contributed by atoms with Crippen LogP contribution in [0.5, 0.6) is 11.5 Å². The van der Waals surface area contributed by atoms with Crippen LogP contribution < -0.4 is 9.47 Å². The van der Waals surface area contributed by atoms with Crippen LogP contribution in [0.2, 0.25) is 0 Å². The highest BCUT2D eigenvalue weighted by Gasteiger charge is 2.19. The monoisotopic (exact) mass is 420 g/mol. The molecule has 5 rings (SSSR count). The molecule has 32 heavy (non-hydrogen) atoms. The van der Waals surface area contributed by atoms with E-state index in [1.165, 1.54) is 11.1 Å². The zero-order chi connectivity index (χ0) is 22.1. The highest BCUT2D eigenvalue weighted by atomic mass is 16.7. The Morgan fingerprint density at radius 1 is 0.688 bits per heavy atom. The first-order valence-corrected chi connectivity index (χ1v) is 11.0. The van der Waals surface area contributed by atoms with Crippen molar-refractivity contribution < 1.29 is 14.3 Å². The maximum absolute atomic E-state index is 13.0. The molecule has 5 aromatic rings. The van der Waals surface area contributed by atoms with Gasteiger partial charge in [-0.15, -0.1) is 0 Å². The highest BCUT2D eigenvalue weighted by Crippen LogP contribution is 2.39. The molecule has 0 radical (unpaired) electrons. The van der Waals surface area contributed by atoms with Crippen molar-refractivity contribution in [2.24, 2.45) is 0 Å². The minimum absolute atomic E-state index is 0.489. The van der Waals surface area contributed by atoms with Crippen molar-refractivity contribution in [1.82, 2.24) is 0 Å². The quantitative estimate of drug-likeness (QED) is 0.169. The fourth-order valence-corrected chi connectivity index (χ4v) is 4.55. The van der Waals surface area contributed by atoms with Gasteiger partial charge in [-0.1, -0.05) is 86.6 Å². The Labute approximate surface area is 187 Å². The third-order valence-corrected chi connectivity index (χ3v) is 6.05. The number of carbonyl (C=O) groups is 1. The molecule has 158 valence electrons. The summed E-state index contributed by atoms with van der Waals surface area (Å²) < 4.78 is 11.7. The highest BCUT2D eigenvalue weighted by molar-refractivity contribution is 6.08. The van der Waals surface area contributed by atoms with Crippen molar-refractivity contribution in [1.29, 1.82) is 0 Å². The third-order valence-electron chi connectivity index (χ3n) is 6.05. The van der Waals surface area contributed by atoms with Gasteiger partial charge in [-0.3, -0.25) is 0 Å². The van der Waals surface area contributed by atoms with Gasteiger partial charge in [0.25, 0.3) is 0 Å². The average Bonchev–Trinajstić information content (AvgIpc) is 2.83. The fourth-order valence-electron chi connectivity index (χ4n) is 4.55. The van der Waals surface area contributed by atoms with Gasteiger partial charge in [0.05, 0.1) is 0 Å². The predicted octanol–water partition coefficient (Wildman–Crippen LogP) is 7.85. The van der Waals surface area contributed by atoms with Gasteiger partial charge >= 0.3 is 6.16 Å². The summed E-state index contributed by atoms with van der Waals surface area (Å²) in [4.78, 5) is 13.0. The lowest BCUT2D eigenvalue weighted by Gasteiger charge is -2.17. The van der Waals surface area contributed by atoms with Gasteiger partial charge in [-0.05, 0) is 52.3 Å².